The third-order valence-corrected chi connectivity index (χ3v) is 4.36. The molecule has 152 valence electrons. The number of hydrogen-bond donors (Lipinski definition) is 3. The summed E-state index contributed by atoms with van der Waals surface area (Å²) in [5, 5.41) is 18.3. The van der Waals surface area contributed by atoms with Crippen LogP contribution in [-0.4, -0.2) is 23.0 Å². The van der Waals surface area contributed by atoms with Gasteiger partial charge in [0.2, 0.25) is 5.96 Å². The van der Waals surface area contributed by atoms with Crippen LogP contribution >= 0.6 is 11.6 Å². The summed E-state index contributed by atoms with van der Waals surface area (Å²) in [5.41, 5.74) is 1.65. The maximum atomic E-state index is 12.7. The minimum absolute atomic E-state index is 0.228. The zero-order valence-corrected chi connectivity index (χ0v) is 17.7. The van der Waals surface area contributed by atoms with Crippen molar-refractivity contribution in [2.24, 2.45) is 10.4 Å². The molecule has 1 aromatic heterocycles. The lowest BCUT2D eigenvalue weighted by molar-refractivity contribution is 0.0906. The monoisotopic (exact) mass is 412 g/mol. The summed E-state index contributed by atoms with van der Waals surface area (Å²) < 4.78 is 0. The maximum Gasteiger partial charge on any atom is 0.252 e. The smallest absolute Gasteiger partial charge is 0.252 e. The van der Waals surface area contributed by atoms with Crippen molar-refractivity contribution in [3.8, 4) is 6.19 Å². The number of nitriles is 1. The summed E-state index contributed by atoms with van der Waals surface area (Å²) in [7, 11) is 0. The number of aliphatic imine (C=N–C) groups is 1. The van der Waals surface area contributed by atoms with Crippen LogP contribution in [-0.2, 0) is 6.42 Å². The van der Waals surface area contributed by atoms with Crippen LogP contribution in [0.15, 0.2) is 47.6 Å². The van der Waals surface area contributed by atoms with Crippen molar-refractivity contribution in [1.29, 1.82) is 5.26 Å². The highest BCUT2D eigenvalue weighted by Crippen LogP contribution is 2.22. The van der Waals surface area contributed by atoms with E-state index in [2.05, 4.69) is 25.9 Å². The SMILES string of the molecule is CCc1ncccc1N/C(=N/C(NC(=O)c1ccc(Cl)cc1)C(C)(C)C)NC#N. The van der Waals surface area contributed by atoms with Gasteiger partial charge in [-0.05, 0) is 42.8 Å². The zero-order chi connectivity index (χ0) is 21.4. The molecule has 0 aliphatic rings. The zero-order valence-electron chi connectivity index (χ0n) is 17.0. The molecular formula is C21H25ClN6O. The Bertz CT molecular complexity index is 912. The van der Waals surface area contributed by atoms with Crippen molar-refractivity contribution in [3.05, 3.63) is 58.9 Å². The summed E-state index contributed by atoms with van der Waals surface area (Å²) in [5.74, 6) is -0.0520. The van der Waals surface area contributed by atoms with Crippen molar-refractivity contribution in [1.82, 2.24) is 15.6 Å². The highest BCUT2D eigenvalue weighted by molar-refractivity contribution is 6.30. The van der Waals surface area contributed by atoms with Gasteiger partial charge in [0.05, 0.1) is 11.4 Å². The molecule has 1 atom stereocenters. The van der Waals surface area contributed by atoms with Crippen LogP contribution in [0.3, 0.4) is 0 Å². The number of aromatic nitrogens is 1. The lowest BCUT2D eigenvalue weighted by atomic mass is 9.92. The average molecular weight is 413 g/mol. The molecule has 0 spiro atoms. The van der Waals surface area contributed by atoms with Crippen LogP contribution in [0.25, 0.3) is 0 Å². The summed E-state index contributed by atoms with van der Waals surface area (Å²) in [6, 6.07) is 10.3. The fourth-order valence-electron chi connectivity index (χ4n) is 2.49. The highest BCUT2D eigenvalue weighted by atomic mass is 35.5. The van der Waals surface area contributed by atoms with Gasteiger partial charge in [0, 0.05) is 22.2 Å². The number of nitrogens with one attached hydrogen (secondary N) is 3. The number of guanidine groups is 1. The van der Waals surface area contributed by atoms with E-state index in [4.69, 9.17) is 16.9 Å². The largest absolute Gasteiger partial charge is 0.330 e. The van der Waals surface area contributed by atoms with Gasteiger partial charge in [-0.2, -0.15) is 5.26 Å². The number of carbonyl (C=O) groups excluding carboxylic acids is 1. The lowest BCUT2D eigenvalue weighted by Crippen LogP contribution is -2.44. The number of rotatable bonds is 5. The van der Waals surface area contributed by atoms with Gasteiger partial charge in [-0.25, -0.2) is 4.99 Å². The first-order chi connectivity index (χ1) is 13.7. The van der Waals surface area contributed by atoms with Crippen molar-refractivity contribution in [2.75, 3.05) is 5.32 Å². The minimum Gasteiger partial charge on any atom is -0.330 e. The summed E-state index contributed by atoms with van der Waals surface area (Å²) in [4.78, 5) is 21.6. The molecule has 8 heteroatoms. The van der Waals surface area contributed by atoms with Crippen LogP contribution in [0.5, 0.6) is 0 Å². The Balaban J connectivity index is 2.30. The second-order valence-corrected chi connectivity index (χ2v) is 7.88. The predicted molar refractivity (Wildman–Crippen MR) is 116 cm³/mol. The van der Waals surface area contributed by atoms with Gasteiger partial charge < -0.3 is 10.6 Å². The molecule has 1 unspecified atom stereocenters. The lowest BCUT2D eigenvalue weighted by Gasteiger charge is -2.29. The fraction of sp³-hybridized carbons (Fsp3) is 0.333. The normalized spacial score (nSPS) is 12.6. The molecule has 2 aromatic rings. The Morgan fingerprint density at radius 2 is 1.97 bits per heavy atom. The summed E-state index contributed by atoms with van der Waals surface area (Å²) in [6.07, 6.45) is 3.71. The minimum atomic E-state index is -0.601. The number of amides is 1. The molecule has 7 nitrogen and oxygen atoms in total. The van der Waals surface area contributed by atoms with Crippen LogP contribution in [0.2, 0.25) is 5.02 Å². The number of hydrogen-bond acceptors (Lipinski definition) is 4. The van der Waals surface area contributed by atoms with E-state index in [1.165, 1.54) is 0 Å². The first kappa shape index (κ1) is 22.2. The van der Waals surface area contributed by atoms with E-state index in [0.29, 0.717) is 10.6 Å². The Morgan fingerprint density at radius 1 is 1.28 bits per heavy atom. The average Bonchev–Trinajstić information content (AvgIpc) is 2.67. The standard InChI is InChI=1S/C21H25ClN6O/c1-5-16-17(7-6-12-24-16)26-20(25-13-23)28-19(21(2,3)4)27-18(29)14-8-10-15(22)11-9-14/h6-12,19H,5H2,1-4H3,(H,27,29)(H2,25,26,28). The molecule has 0 aliphatic carbocycles. The molecule has 0 radical (unpaired) electrons. The van der Waals surface area contributed by atoms with E-state index in [0.717, 1.165) is 17.8 Å². The van der Waals surface area contributed by atoms with E-state index in [9.17, 15) is 4.79 Å². The number of aryl methyl sites for hydroxylation is 1. The molecule has 1 heterocycles. The molecule has 0 saturated heterocycles. The number of benzene rings is 1. The molecular weight excluding hydrogens is 388 g/mol. The Morgan fingerprint density at radius 3 is 2.55 bits per heavy atom. The van der Waals surface area contributed by atoms with E-state index in [-0.39, 0.29) is 11.9 Å². The van der Waals surface area contributed by atoms with Crippen LogP contribution in [0.4, 0.5) is 5.69 Å². The first-order valence-electron chi connectivity index (χ1n) is 9.25. The topological polar surface area (TPSA) is 102 Å². The van der Waals surface area contributed by atoms with Gasteiger partial charge >= 0.3 is 0 Å². The van der Waals surface area contributed by atoms with Gasteiger partial charge in [0.15, 0.2) is 6.19 Å². The van der Waals surface area contributed by atoms with Crippen molar-refractivity contribution in [2.45, 2.75) is 40.3 Å². The number of pyridine rings is 1. The molecule has 0 fully saturated rings. The highest BCUT2D eigenvalue weighted by Gasteiger charge is 2.27. The molecule has 29 heavy (non-hydrogen) atoms. The Kier molecular flexibility index (Phi) is 7.57. The van der Waals surface area contributed by atoms with Gasteiger partial charge in [-0.3, -0.25) is 15.1 Å². The fourth-order valence-corrected chi connectivity index (χ4v) is 2.62. The van der Waals surface area contributed by atoms with E-state index in [1.54, 1.807) is 36.5 Å². The van der Waals surface area contributed by atoms with Gasteiger partial charge in [-0.15, -0.1) is 0 Å². The third kappa shape index (κ3) is 6.47. The number of carbonyl (C=O) groups is 1. The van der Waals surface area contributed by atoms with Crippen LogP contribution in [0, 0.1) is 16.9 Å². The Hall–Kier alpha value is -3.11. The van der Waals surface area contributed by atoms with E-state index < -0.39 is 11.6 Å². The maximum absolute atomic E-state index is 12.7. The number of halogens is 1. The predicted octanol–water partition coefficient (Wildman–Crippen LogP) is 3.94. The number of nitrogens with zero attached hydrogens (tertiary/aromatic N) is 3. The molecule has 3 N–H and O–H groups in total. The molecule has 0 bridgehead atoms. The molecule has 1 aromatic carbocycles. The summed E-state index contributed by atoms with van der Waals surface area (Å²) >= 11 is 5.89. The molecule has 0 aliphatic heterocycles. The van der Waals surface area contributed by atoms with Crippen molar-refractivity contribution < 1.29 is 4.79 Å². The third-order valence-electron chi connectivity index (χ3n) is 4.11. The quantitative estimate of drug-likeness (QED) is 0.299. The molecule has 1 amide bonds. The van der Waals surface area contributed by atoms with E-state index >= 15 is 0 Å². The van der Waals surface area contributed by atoms with Crippen LogP contribution < -0.4 is 16.0 Å². The second-order valence-electron chi connectivity index (χ2n) is 7.44. The second kappa shape index (κ2) is 9.89. The first-order valence-corrected chi connectivity index (χ1v) is 9.62. The molecule has 2 rings (SSSR count). The van der Waals surface area contributed by atoms with Crippen molar-refractivity contribution in [3.63, 3.8) is 0 Å². The summed E-state index contributed by atoms with van der Waals surface area (Å²) in [6.45, 7) is 7.85. The van der Waals surface area contributed by atoms with Gasteiger partial charge in [0.25, 0.3) is 5.91 Å². The van der Waals surface area contributed by atoms with Crippen molar-refractivity contribution >= 4 is 29.2 Å². The van der Waals surface area contributed by atoms with Crippen LogP contribution in [0.1, 0.15) is 43.7 Å². The van der Waals surface area contributed by atoms with Gasteiger partial charge in [-0.1, -0.05) is 39.3 Å². The van der Waals surface area contributed by atoms with Gasteiger partial charge in [0.1, 0.15) is 6.17 Å². The number of anilines is 1. The van der Waals surface area contributed by atoms with E-state index in [1.807, 2.05) is 40.0 Å². The molecule has 0 saturated carbocycles. The Labute approximate surface area is 176 Å².